The summed E-state index contributed by atoms with van der Waals surface area (Å²) in [4.78, 5) is 0. The average Bonchev–Trinajstić information content (AvgIpc) is 2.65. The van der Waals surface area contributed by atoms with E-state index >= 15 is 0 Å². The summed E-state index contributed by atoms with van der Waals surface area (Å²) in [6.07, 6.45) is 4.55. The van der Waals surface area contributed by atoms with Gasteiger partial charge in [-0.3, -0.25) is 0 Å². The highest BCUT2D eigenvalue weighted by atomic mass is 19.1. The van der Waals surface area contributed by atoms with Crippen LogP contribution >= 0.6 is 0 Å². The third kappa shape index (κ3) is 2.01. The summed E-state index contributed by atoms with van der Waals surface area (Å²) >= 11 is 0. The van der Waals surface area contributed by atoms with Gasteiger partial charge in [0, 0.05) is 5.54 Å². The summed E-state index contributed by atoms with van der Waals surface area (Å²) in [7, 11) is 0. The van der Waals surface area contributed by atoms with Gasteiger partial charge in [0.05, 0.1) is 5.69 Å². The Morgan fingerprint density at radius 2 is 2.06 bits per heavy atom. The van der Waals surface area contributed by atoms with Gasteiger partial charge in [0.15, 0.2) is 0 Å². The van der Waals surface area contributed by atoms with Crippen LogP contribution in [0.25, 0.3) is 0 Å². The third-order valence-corrected chi connectivity index (χ3v) is 3.27. The van der Waals surface area contributed by atoms with E-state index in [0.29, 0.717) is 5.69 Å². The number of benzene rings is 1. The Labute approximate surface area is 95.1 Å². The lowest BCUT2D eigenvalue weighted by Gasteiger charge is -2.27. The molecule has 0 aliphatic heterocycles. The number of rotatable bonds is 2. The lowest BCUT2D eigenvalue weighted by Crippen LogP contribution is -2.31. The van der Waals surface area contributed by atoms with Crippen molar-refractivity contribution in [3.63, 3.8) is 0 Å². The van der Waals surface area contributed by atoms with E-state index in [9.17, 15) is 4.39 Å². The zero-order chi connectivity index (χ0) is 11.6. The molecule has 1 aromatic carbocycles. The number of hydrogen-bond acceptors (Lipinski definition) is 2. The van der Waals surface area contributed by atoms with Crippen LogP contribution in [-0.4, -0.2) is 5.54 Å². The predicted molar refractivity (Wildman–Crippen MR) is 61.6 cm³/mol. The maximum atomic E-state index is 13.4. The van der Waals surface area contributed by atoms with E-state index < -0.39 is 5.82 Å². The molecule has 0 amide bonds. The van der Waals surface area contributed by atoms with E-state index in [-0.39, 0.29) is 11.1 Å². The highest BCUT2D eigenvalue weighted by Crippen LogP contribution is 2.33. The molecule has 1 aliphatic carbocycles. The van der Waals surface area contributed by atoms with Crippen molar-refractivity contribution in [2.45, 2.75) is 38.1 Å². The van der Waals surface area contributed by atoms with Crippen LogP contribution in [0.3, 0.4) is 0 Å². The van der Waals surface area contributed by atoms with E-state index in [1.165, 1.54) is 18.9 Å². The van der Waals surface area contributed by atoms with E-state index in [0.717, 1.165) is 12.8 Å². The van der Waals surface area contributed by atoms with Crippen molar-refractivity contribution in [1.82, 2.24) is 0 Å². The summed E-state index contributed by atoms with van der Waals surface area (Å²) < 4.78 is 13.4. The highest BCUT2D eigenvalue weighted by molar-refractivity contribution is 5.59. The molecule has 1 aliphatic rings. The molecule has 1 fully saturated rings. The second-order valence-electron chi connectivity index (χ2n) is 4.67. The number of halogens is 1. The van der Waals surface area contributed by atoms with Gasteiger partial charge in [-0.2, -0.15) is 5.26 Å². The summed E-state index contributed by atoms with van der Waals surface area (Å²) in [5, 5.41) is 12.2. The summed E-state index contributed by atoms with van der Waals surface area (Å²) in [6.45, 7) is 2.13. The molecule has 2 nitrogen and oxygen atoms in total. The molecule has 0 radical (unpaired) electrons. The lowest BCUT2D eigenvalue weighted by atomic mass is 9.99. The van der Waals surface area contributed by atoms with Crippen LogP contribution in [0.1, 0.15) is 38.2 Å². The Kier molecular flexibility index (Phi) is 2.82. The molecule has 0 aromatic heterocycles. The normalized spacial score (nSPS) is 18.1. The molecule has 3 heteroatoms. The first-order chi connectivity index (χ1) is 7.64. The standard InChI is InChI=1S/C13H15FN2/c1-13(7-2-3-8-13)16-12-6-4-5-11(14)10(12)9-15/h4-6,16H,2-3,7-8H2,1H3. The van der Waals surface area contributed by atoms with Gasteiger partial charge in [0.25, 0.3) is 0 Å². The van der Waals surface area contributed by atoms with Gasteiger partial charge in [0.2, 0.25) is 0 Å². The number of anilines is 1. The monoisotopic (exact) mass is 218 g/mol. The van der Waals surface area contributed by atoms with E-state index in [4.69, 9.17) is 5.26 Å². The van der Waals surface area contributed by atoms with E-state index in [1.807, 2.05) is 6.07 Å². The van der Waals surface area contributed by atoms with Crippen LogP contribution in [0.15, 0.2) is 18.2 Å². The fourth-order valence-corrected chi connectivity index (χ4v) is 2.35. The van der Waals surface area contributed by atoms with Crippen molar-refractivity contribution >= 4 is 5.69 Å². The zero-order valence-corrected chi connectivity index (χ0v) is 9.39. The molecule has 1 saturated carbocycles. The fourth-order valence-electron chi connectivity index (χ4n) is 2.35. The minimum Gasteiger partial charge on any atom is -0.379 e. The fraction of sp³-hybridized carbons (Fsp3) is 0.462. The van der Waals surface area contributed by atoms with Gasteiger partial charge in [-0.05, 0) is 31.9 Å². The Bertz CT molecular complexity index is 428. The molecule has 84 valence electrons. The number of nitrogens with zero attached hydrogens (tertiary/aromatic N) is 1. The molecule has 0 unspecified atom stereocenters. The maximum Gasteiger partial charge on any atom is 0.143 e. The number of hydrogen-bond donors (Lipinski definition) is 1. The number of nitrogens with one attached hydrogen (secondary N) is 1. The van der Waals surface area contributed by atoms with Crippen LogP contribution in [0, 0.1) is 17.1 Å². The molecule has 1 aromatic rings. The first kappa shape index (κ1) is 10.9. The molecule has 0 bridgehead atoms. The van der Waals surface area contributed by atoms with Crippen LogP contribution in [-0.2, 0) is 0 Å². The molecule has 0 heterocycles. The summed E-state index contributed by atoms with van der Waals surface area (Å²) in [6, 6.07) is 6.64. The molecule has 2 rings (SSSR count). The molecule has 1 N–H and O–H groups in total. The quantitative estimate of drug-likeness (QED) is 0.825. The van der Waals surface area contributed by atoms with Crippen molar-refractivity contribution in [3.05, 3.63) is 29.6 Å². The molecule has 0 saturated heterocycles. The maximum absolute atomic E-state index is 13.4. The second-order valence-corrected chi connectivity index (χ2v) is 4.67. The van der Waals surface area contributed by atoms with Crippen molar-refractivity contribution in [2.75, 3.05) is 5.32 Å². The van der Waals surface area contributed by atoms with Gasteiger partial charge in [0.1, 0.15) is 17.4 Å². The van der Waals surface area contributed by atoms with Crippen molar-refractivity contribution in [2.24, 2.45) is 0 Å². The van der Waals surface area contributed by atoms with Gasteiger partial charge < -0.3 is 5.32 Å². The molecule has 0 spiro atoms. The zero-order valence-electron chi connectivity index (χ0n) is 9.39. The first-order valence-electron chi connectivity index (χ1n) is 5.61. The minimum absolute atomic E-state index is 0.0133. The Balaban J connectivity index is 2.28. The predicted octanol–water partition coefficient (Wildman–Crippen LogP) is 3.44. The van der Waals surface area contributed by atoms with Gasteiger partial charge in [-0.15, -0.1) is 0 Å². The topological polar surface area (TPSA) is 35.8 Å². The average molecular weight is 218 g/mol. The molecule has 16 heavy (non-hydrogen) atoms. The van der Waals surface area contributed by atoms with E-state index in [1.54, 1.807) is 12.1 Å². The Hall–Kier alpha value is -1.56. The van der Waals surface area contributed by atoms with Crippen LogP contribution in [0.4, 0.5) is 10.1 Å². The Morgan fingerprint density at radius 3 is 2.69 bits per heavy atom. The SMILES string of the molecule is CC1(Nc2cccc(F)c2C#N)CCCC1. The van der Waals surface area contributed by atoms with Gasteiger partial charge in [-0.1, -0.05) is 18.9 Å². The van der Waals surface area contributed by atoms with Gasteiger partial charge >= 0.3 is 0 Å². The first-order valence-corrected chi connectivity index (χ1v) is 5.61. The van der Waals surface area contributed by atoms with Crippen LogP contribution < -0.4 is 5.32 Å². The van der Waals surface area contributed by atoms with Crippen molar-refractivity contribution < 1.29 is 4.39 Å². The Morgan fingerprint density at radius 1 is 1.38 bits per heavy atom. The van der Waals surface area contributed by atoms with E-state index in [2.05, 4.69) is 12.2 Å². The molecular weight excluding hydrogens is 203 g/mol. The largest absolute Gasteiger partial charge is 0.379 e. The summed E-state index contributed by atoms with van der Waals surface area (Å²) in [5.41, 5.74) is 0.752. The van der Waals surface area contributed by atoms with Crippen molar-refractivity contribution in [1.29, 1.82) is 5.26 Å². The van der Waals surface area contributed by atoms with Crippen molar-refractivity contribution in [3.8, 4) is 6.07 Å². The lowest BCUT2D eigenvalue weighted by molar-refractivity contribution is 0.532. The second kappa shape index (κ2) is 4.13. The summed E-state index contributed by atoms with van der Waals surface area (Å²) in [5.74, 6) is -0.450. The van der Waals surface area contributed by atoms with Crippen LogP contribution in [0.2, 0.25) is 0 Å². The molecule has 0 atom stereocenters. The van der Waals surface area contributed by atoms with Crippen LogP contribution in [0.5, 0.6) is 0 Å². The van der Waals surface area contributed by atoms with Gasteiger partial charge in [-0.25, -0.2) is 4.39 Å². The highest BCUT2D eigenvalue weighted by Gasteiger charge is 2.29. The minimum atomic E-state index is -0.450. The number of nitriles is 1. The third-order valence-electron chi connectivity index (χ3n) is 3.27. The molecular formula is C13H15FN2. The smallest absolute Gasteiger partial charge is 0.143 e.